The van der Waals surface area contributed by atoms with E-state index in [1.807, 2.05) is 13.8 Å². The van der Waals surface area contributed by atoms with Gasteiger partial charge in [-0.05, 0) is 29.7 Å². The number of halogens is 2. The van der Waals surface area contributed by atoms with Crippen molar-refractivity contribution in [1.82, 2.24) is 5.32 Å². The minimum absolute atomic E-state index is 0.0386. The van der Waals surface area contributed by atoms with Crippen LogP contribution in [0.25, 0.3) is 0 Å². The molecule has 0 aliphatic carbocycles. The highest BCUT2D eigenvalue weighted by Crippen LogP contribution is 2.17. The molecule has 0 aromatic heterocycles. The second kappa shape index (κ2) is 6.85. The Labute approximate surface area is 115 Å². The van der Waals surface area contributed by atoms with E-state index in [4.69, 9.17) is 0 Å². The number of hydrogen-bond donors (Lipinski definition) is 2. The van der Waals surface area contributed by atoms with Crippen LogP contribution in [0.3, 0.4) is 0 Å². The molecule has 1 atom stereocenters. The molecule has 0 fully saturated rings. The molecule has 0 aliphatic rings. The zero-order chi connectivity index (χ0) is 13.7. The molecule has 5 heteroatoms. The normalized spacial score (nSPS) is 12.6. The van der Waals surface area contributed by atoms with Gasteiger partial charge in [-0.2, -0.15) is 0 Å². The lowest BCUT2D eigenvalue weighted by Gasteiger charge is -2.14. The lowest BCUT2D eigenvalue weighted by atomic mass is 10.0. The van der Waals surface area contributed by atoms with Crippen molar-refractivity contribution in [2.75, 3.05) is 0 Å². The van der Waals surface area contributed by atoms with Gasteiger partial charge in [0.15, 0.2) is 0 Å². The number of hydrogen-bond acceptors (Lipinski definition) is 2. The van der Waals surface area contributed by atoms with Crippen LogP contribution < -0.4 is 5.32 Å². The topological polar surface area (TPSA) is 49.3 Å². The van der Waals surface area contributed by atoms with Gasteiger partial charge in [0.25, 0.3) is 0 Å². The van der Waals surface area contributed by atoms with Gasteiger partial charge in [0.05, 0.1) is 12.5 Å². The summed E-state index contributed by atoms with van der Waals surface area (Å²) in [5, 5.41) is 12.2. The summed E-state index contributed by atoms with van der Waals surface area (Å²) >= 11 is 3.29. The molecule has 1 aromatic rings. The molecule has 0 spiro atoms. The summed E-state index contributed by atoms with van der Waals surface area (Å²) in [6.45, 7) is 3.93. The molecule has 18 heavy (non-hydrogen) atoms. The average molecular weight is 318 g/mol. The molecule has 2 N–H and O–H groups in total. The SMILES string of the molecule is CC(C)[C@H](O)CC(=O)NCc1cc(F)ccc1Br. The van der Waals surface area contributed by atoms with Crippen molar-refractivity contribution in [2.24, 2.45) is 5.92 Å². The Balaban J connectivity index is 2.50. The first kappa shape index (κ1) is 15.1. The van der Waals surface area contributed by atoms with Crippen LogP contribution in [0, 0.1) is 11.7 Å². The van der Waals surface area contributed by atoms with E-state index in [0.29, 0.717) is 5.56 Å². The molecule has 0 heterocycles. The molecular formula is C13H17BrFNO2. The Morgan fingerprint density at radius 3 is 2.78 bits per heavy atom. The Morgan fingerprint density at radius 2 is 2.17 bits per heavy atom. The van der Waals surface area contributed by atoms with E-state index in [-0.39, 0.29) is 30.6 Å². The third-order valence-corrected chi connectivity index (χ3v) is 3.42. The van der Waals surface area contributed by atoms with Gasteiger partial charge in [-0.15, -0.1) is 0 Å². The van der Waals surface area contributed by atoms with Crippen LogP contribution in [-0.4, -0.2) is 17.1 Å². The molecule has 3 nitrogen and oxygen atoms in total. The van der Waals surface area contributed by atoms with E-state index < -0.39 is 6.10 Å². The molecule has 100 valence electrons. The molecule has 0 unspecified atom stereocenters. The second-order valence-corrected chi connectivity index (χ2v) is 5.38. The largest absolute Gasteiger partial charge is 0.392 e. The van der Waals surface area contributed by atoms with Crippen molar-refractivity contribution in [3.8, 4) is 0 Å². The first-order chi connectivity index (χ1) is 8.40. The van der Waals surface area contributed by atoms with Crippen molar-refractivity contribution < 1.29 is 14.3 Å². The molecule has 1 amide bonds. The fourth-order valence-corrected chi connectivity index (χ4v) is 1.76. The van der Waals surface area contributed by atoms with E-state index in [0.717, 1.165) is 4.47 Å². The van der Waals surface area contributed by atoms with E-state index in [9.17, 15) is 14.3 Å². The predicted molar refractivity (Wildman–Crippen MR) is 71.4 cm³/mol. The summed E-state index contributed by atoms with van der Waals surface area (Å²) in [6, 6.07) is 4.31. The maximum Gasteiger partial charge on any atom is 0.222 e. The van der Waals surface area contributed by atoms with Crippen molar-refractivity contribution in [3.63, 3.8) is 0 Å². The number of aliphatic hydroxyl groups excluding tert-OH is 1. The highest BCUT2D eigenvalue weighted by molar-refractivity contribution is 9.10. The monoisotopic (exact) mass is 317 g/mol. The summed E-state index contributed by atoms with van der Waals surface area (Å²) < 4.78 is 13.8. The van der Waals surface area contributed by atoms with Crippen LogP contribution >= 0.6 is 15.9 Å². The van der Waals surface area contributed by atoms with E-state index in [2.05, 4.69) is 21.2 Å². The number of rotatable bonds is 5. The number of carbonyl (C=O) groups excluding carboxylic acids is 1. The van der Waals surface area contributed by atoms with Crippen LogP contribution in [-0.2, 0) is 11.3 Å². The van der Waals surface area contributed by atoms with Crippen molar-refractivity contribution >= 4 is 21.8 Å². The Morgan fingerprint density at radius 1 is 1.50 bits per heavy atom. The zero-order valence-corrected chi connectivity index (χ0v) is 12.0. The molecular weight excluding hydrogens is 301 g/mol. The molecule has 0 radical (unpaired) electrons. The van der Waals surface area contributed by atoms with Gasteiger partial charge in [0, 0.05) is 11.0 Å². The average Bonchev–Trinajstić information content (AvgIpc) is 2.30. The fourth-order valence-electron chi connectivity index (χ4n) is 1.37. The van der Waals surface area contributed by atoms with E-state index >= 15 is 0 Å². The van der Waals surface area contributed by atoms with Gasteiger partial charge >= 0.3 is 0 Å². The molecule has 0 aliphatic heterocycles. The number of benzene rings is 1. The van der Waals surface area contributed by atoms with Gasteiger partial charge in [0.1, 0.15) is 5.82 Å². The summed E-state index contributed by atoms with van der Waals surface area (Å²) in [6.07, 6.45) is -0.592. The van der Waals surface area contributed by atoms with Crippen LogP contribution in [0.15, 0.2) is 22.7 Å². The summed E-state index contributed by atoms with van der Waals surface area (Å²) in [5.41, 5.74) is 0.669. The van der Waals surface area contributed by atoms with Crippen molar-refractivity contribution in [3.05, 3.63) is 34.1 Å². The maximum absolute atomic E-state index is 13.0. The number of carbonyl (C=O) groups is 1. The van der Waals surface area contributed by atoms with Crippen LogP contribution in [0.1, 0.15) is 25.8 Å². The van der Waals surface area contributed by atoms with Crippen LogP contribution in [0.4, 0.5) is 4.39 Å². The van der Waals surface area contributed by atoms with Crippen molar-refractivity contribution in [2.45, 2.75) is 32.9 Å². The lowest BCUT2D eigenvalue weighted by Crippen LogP contribution is -2.29. The summed E-state index contributed by atoms with van der Waals surface area (Å²) in [7, 11) is 0. The molecule has 0 saturated heterocycles. The zero-order valence-electron chi connectivity index (χ0n) is 10.4. The third-order valence-electron chi connectivity index (χ3n) is 2.65. The highest BCUT2D eigenvalue weighted by atomic mass is 79.9. The van der Waals surface area contributed by atoms with Gasteiger partial charge in [-0.25, -0.2) is 4.39 Å². The first-order valence-corrected chi connectivity index (χ1v) is 6.58. The highest BCUT2D eigenvalue weighted by Gasteiger charge is 2.14. The number of aliphatic hydroxyl groups is 1. The molecule has 0 bridgehead atoms. The van der Waals surface area contributed by atoms with Gasteiger partial charge < -0.3 is 10.4 Å². The quantitative estimate of drug-likeness (QED) is 0.877. The Bertz CT molecular complexity index is 423. The summed E-state index contributed by atoms with van der Waals surface area (Å²) in [4.78, 5) is 11.5. The summed E-state index contributed by atoms with van der Waals surface area (Å²) in [5.74, 6) is -0.548. The maximum atomic E-state index is 13.0. The minimum atomic E-state index is -0.652. The smallest absolute Gasteiger partial charge is 0.222 e. The fraction of sp³-hybridized carbons (Fsp3) is 0.462. The number of amides is 1. The molecule has 0 saturated carbocycles. The van der Waals surface area contributed by atoms with Crippen LogP contribution in [0.5, 0.6) is 0 Å². The Hall–Kier alpha value is -0.940. The standard InChI is InChI=1S/C13H17BrFNO2/c1-8(2)12(17)6-13(18)16-7-9-5-10(15)3-4-11(9)14/h3-5,8,12,17H,6-7H2,1-2H3,(H,16,18)/t12-/m1/s1. The predicted octanol–water partition coefficient (Wildman–Crippen LogP) is 2.61. The Kier molecular flexibility index (Phi) is 5.75. The number of nitrogens with one attached hydrogen (secondary N) is 1. The lowest BCUT2D eigenvalue weighted by molar-refractivity contribution is -0.123. The third kappa shape index (κ3) is 4.74. The van der Waals surface area contributed by atoms with E-state index in [1.54, 1.807) is 6.07 Å². The first-order valence-electron chi connectivity index (χ1n) is 5.79. The van der Waals surface area contributed by atoms with Gasteiger partial charge in [-0.3, -0.25) is 4.79 Å². The molecule has 1 aromatic carbocycles. The van der Waals surface area contributed by atoms with Gasteiger partial charge in [0.2, 0.25) is 5.91 Å². The van der Waals surface area contributed by atoms with Crippen LogP contribution in [0.2, 0.25) is 0 Å². The van der Waals surface area contributed by atoms with E-state index in [1.165, 1.54) is 12.1 Å². The van der Waals surface area contributed by atoms with Crippen molar-refractivity contribution in [1.29, 1.82) is 0 Å². The second-order valence-electron chi connectivity index (χ2n) is 4.53. The minimum Gasteiger partial charge on any atom is -0.392 e. The van der Waals surface area contributed by atoms with Gasteiger partial charge in [-0.1, -0.05) is 29.8 Å². The molecule has 1 rings (SSSR count).